The first-order valence-corrected chi connectivity index (χ1v) is 26.2. The fourth-order valence-electron chi connectivity index (χ4n) is 9.70. The molecule has 9 heteroatoms. The van der Waals surface area contributed by atoms with Gasteiger partial charge in [0.15, 0.2) is 0 Å². The number of hydrogen-bond acceptors (Lipinski definition) is 4. The molecular weight excluding hydrogens is 851 g/mol. The Kier molecular flexibility index (Phi) is 18.2. The van der Waals surface area contributed by atoms with E-state index in [-0.39, 0.29) is 0 Å². The minimum absolute atomic E-state index is 0.696. The van der Waals surface area contributed by atoms with Gasteiger partial charge in [-0.3, -0.25) is 0 Å². The Balaban J connectivity index is 1.01. The van der Waals surface area contributed by atoms with Crippen molar-refractivity contribution in [3.63, 3.8) is 0 Å². The van der Waals surface area contributed by atoms with Gasteiger partial charge in [0.05, 0.1) is 118 Å². The van der Waals surface area contributed by atoms with Crippen molar-refractivity contribution in [1.29, 1.82) is 0 Å². The highest BCUT2D eigenvalue weighted by Gasteiger charge is 2.21. The fourth-order valence-corrected chi connectivity index (χ4v) is 9.70. The Morgan fingerprint density at radius 2 is 0.826 bits per heavy atom. The Morgan fingerprint density at radius 1 is 0.420 bits per heavy atom. The van der Waals surface area contributed by atoms with Crippen molar-refractivity contribution in [2.75, 3.05) is 95.3 Å². The van der Waals surface area contributed by atoms with Crippen LogP contribution in [-0.4, -0.2) is 129 Å². The molecule has 3 aromatic heterocycles. The number of nitrogens with one attached hydrogen (secondary N) is 2. The Morgan fingerprint density at radius 3 is 1.28 bits per heavy atom. The first-order valence-electron chi connectivity index (χ1n) is 26.2. The van der Waals surface area contributed by atoms with Crippen molar-refractivity contribution in [3.05, 3.63) is 108 Å². The first-order chi connectivity index (χ1) is 33.2. The Bertz CT molecular complexity index is 2630. The van der Waals surface area contributed by atoms with Gasteiger partial charge in [0, 0.05) is 52.5 Å². The third-order valence-corrected chi connectivity index (χ3v) is 13.7. The Hall–Kier alpha value is -5.48. The standard InChI is InChI=1S/C60H84N7O2/c1-9-10-11-12-13-14-15-16-17-18-43-68-53-30-22-47(23-31-53)59-55-34-26-49(61-55)45-51-28-36-57(63-51)60(58-37-29-52(64-58)46-50-27-35-56(59)62-50)48-24-32-54(33-25-48)69-44-21-42-67(7,8)41-20-40-66(5,6)39-19-38-65(2,3)4/h22-37,45-46,61,64H,9-21,38-44H2,1-8H3/q+3. The molecule has 0 amide bonds. The van der Waals surface area contributed by atoms with Crippen LogP contribution in [0.3, 0.4) is 0 Å². The molecule has 0 unspecified atom stereocenters. The van der Waals surface area contributed by atoms with Gasteiger partial charge in [0.2, 0.25) is 0 Å². The van der Waals surface area contributed by atoms with Gasteiger partial charge in [-0.25, -0.2) is 9.97 Å². The summed E-state index contributed by atoms with van der Waals surface area (Å²) in [7, 11) is 16.3. The molecule has 9 nitrogen and oxygen atoms in total. The van der Waals surface area contributed by atoms with Crippen LogP contribution in [0.4, 0.5) is 0 Å². The number of ether oxygens (including phenoxy) is 2. The van der Waals surface area contributed by atoms with Gasteiger partial charge in [-0.05, 0) is 103 Å². The maximum absolute atomic E-state index is 6.32. The van der Waals surface area contributed by atoms with E-state index in [0.29, 0.717) is 6.61 Å². The van der Waals surface area contributed by atoms with Crippen LogP contribution in [-0.2, 0) is 0 Å². The van der Waals surface area contributed by atoms with Gasteiger partial charge in [-0.15, -0.1) is 0 Å². The number of benzene rings is 2. The second kappa shape index (κ2) is 24.4. The molecule has 2 aliphatic heterocycles. The molecule has 69 heavy (non-hydrogen) atoms. The van der Waals surface area contributed by atoms with E-state index < -0.39 is 0 Å². The minimum atomic E-state index is 0.696. The summed E-state index contributed by atoms with van der Waals surface area (Å²) in [4.78, 5) is 17.7. The van der Waals surface area contributed by atoms with E-state index in [2.05, 4.69) is 175 Å². The fraction of sp³-hybridized carbons (Fsp3) is 0.467. The van der Waals surface area contributed by atoms with Gasteiger partial charge in [0.1, 0.15) is 11.5 Å². The molecule has 0 radical (unpaired) electrons. The molecule has 5 aromatic rings. The van der Waals surface area contributed by atoms with E-state index in [1.54, 1.807) is 0 Å². The molecule has 5 heterocycles. The van der Waals surface area contributed by atoms with Crippen LogP contribution in [0.15, 0.2) is 84.9 Å². The summed E-state index contributed by atoms with van der Waals surface area (Å²) in [5.74, 6) is 1.79. The highest BCUT2D eigenvalue weighted by atomic mass is 16.5. The van der Waals surface area contributed by atoms with E-state index in [0.717, 1.165) is 118 Å². The second-order valence-corrected chi connectivity index (χ2v) is 22.0. The van der Waals surface area contributed by atoms with E-state index >= 15 is 0 Å². The lowest BCUT2D eigenvalue weighted by atomic mass is 10.0. The number of rotatable bonds is 27. The lowest BCUT2D eigenvalue weighted by molar-refractivity contribution is -0.914. The minimum Gasteiger partial charge on any atom is -0.494 e. The van der Waals surface area contributed by atoms with Crippen molar-refractivity contribution in [3.8, 4) is 33.8 Å². The smallest absolute Gasteiger partial charge is 0.119 e. The number of hydrogen-bond donors (Lipinski definition) is 2. The normalized spacial score (nSPS) is 12.8. The zero-order valence-corrected chi connectivity index (χ0v) is 43.6. The maximum atomic E-state index is 6.32. The van der Waals surface area contributed by atoms with Crippen molar-refractivity contribution in [2.24, 2.45) is 0 Å². The highest BCUT2D eigenvalue weighted by Crippen LogP contribution is 2.34. The van der Waals surface area contributed by atoms with Crippen molar-refractivity contribution >= 4 is 46.4 Å². The number of H-pyrrole nitrogens is 2. The summed E-state index contributed by atoms with van der Waals surface area (Å²) in [6.45, 7) is 9.67. The molecule has 2 aliphatic rings. The third-order valence-electron chi connectivity index (χ3n) is 13.7. The van der Waals surface area contributed by atoms with Crippen LogP contribution < -0.4 is 9.47 Å². The van der Waals surface area contributed by atoms with E-state index in [1.807, 2.05) is 0 Å². The maximum Gasteiger partial charge on any atom is 0.119 e. The summed E-state index contributed by atoms with van der Waals surface area (Å²) < 4.78 is 15.7. The highest BCUT2D eigenvalue weighted by molar-refractivity contribution is 5.93. The molecular formula is C60H84N7O2+3. The zero-order valence-electron chi connectivity index (χ0n) is 43.6. The molecule has 2 aromatic carbocycles. The summed E-state index contributed by atoms with van der Waals surface area (Å²) in [6, 6.07) is 29.8. The molecule has 0 saturated carbocycles. The number of unbranched alkanes of at least 4 members (excludes halogenated alkanes) is 9. The van der Waals surface area contributed by atoms with Crippen LogP contribution in [0.2, 0.25) is 0 Å². The van der Waals surface area contributed by atoms with E-state index in [4.69, 9.17) is 19.4 Å². The van der Waals surface area contributed by atoms with Crippen LogP contribution in [0.25, 0.3) is 68.6 Å². The lowest BCUT2D eigenvalue weighted by Gasteiger charge is -2.34. The molecule has 0 saturated heterocycles. The molecule has 0 spiro atoms. The van der Waals surface area contributed by atoms with Gasteiger partial charge in [-0.2, -0.15) is 0 Å². The molecule has 368 valence electrons. The Labute approximate surface area is 414 Å². The average molecular weight is 935 g/mol. The van der Waals surface area contributed by atoms with Crippen molar-refractivity contribution < 1.29 is 22.9 Å². The van der Waals surface area contributed by atoms with Gasteiger partial charge in [0.25, 0.3) is 0 Å². The molecule has 0 atom stereocenters. The summed E-state index contributed by atoms with van der Waals surface area (Å²) >= 11 is 0. The van der Waals surface area contributed by atoms with Gasteiger partial charge >= 0.3 is 0 Å². The molecule has 0 fully saturated rings. The molecule has 2 N–H and O–H groups in total. The summed E-state index contributed by atoms with van der Waals surface area (Å²) in [6.07, 6.45) is 25.1. The van der Waals surface area contributed by atoms with E-state index in [1.165, 1.54) is 96.8 Å². The molecule has 7 rings (SSSR count). The molecule has 0 aliphatic carbocycles. The monoisotopic (exact) mass is 935 g/mol. The number of fused-ring (bicyclic) bond motifs is 8. The molecule has 8 bridgehead atoms. The van der Waals surface area contributed by atoms with E-state index in [9.17, 15) is 0 Å². The first kappa shape index (κ1) is 51.4. The van der Waals surface area contributed by atoms with Gasteiger partial charge in [-0.1, -0.05) is 89.0 Å². The number of aromatic amines is 2. The predicted octanol–water partition coefficient (Wildman–Crippen LogP) is 13.7. The lowest BCUT2D eigenvalue weighted by Crippen LogP contribution is -2.47. The summed E-state index contributed by atoms with van der Waals surface area (Å²) in [5.41, 5.74) is 11.8. The summed E-state index contributed by atoms with van der Waals surface area (Å²) in [5, 5.41) is 0. The van der Waals surface area contributed by atoms with Crippen LogP contribution in [0, 0.1) is 0 Å². The average Bonchev–Trinajstić information content (AvgIpc) is 4.15. The topological polar surface area (TPSA) is 75.8 Å². The van der Waals surface area contributed by atoms with Crippen molar-refractivity contribution in [1.82, 2.24) is 19.9 Å². The second-order valence-electron chi connectivity index (χ2n) is 22.0. The number of aromatic nitrogens is 4. The quantitative estimate of drug-likeness (QED) is 0.0398. The number of quaternary nitrogens is 3. The van der Waals surface area contributed by atoms with Crippen LogP contribution >= 0.6 is 0 Å². The SMILES string of the molecule is CCCCCCCCCCCCOc1ccc(-c2c3nc(cc4ccc([nH]4)c(-c4ccc(OCCC[N+](C)(C)CCC[N+](C)(C)CCC[N+](C)(C)C)cc4)c4nc(cc5ccc2[nH]5)C=C4)C=C3)cc1. The van der Waals surface area contributed by atoms with Gasteiger partial charge < -0.3 is 32.9 Å². The largest absolute Gasteiger partial charge is 0.494 e. The van der Waals surface area contributed by atoms with Crippen LogP contribution in [0.1, 0.15) is 113 Å². The van der Waals surface area contributed by atoms with Crippen LogP contribution in [0.5, 0.6) is 11.5 Å². The number of nitrogens with zero attached hydrogens (tertiary/aromatic N) is 5. The van der Waals surface area contributed by atoms with Crippen molar-refractivity contribution in [2.45, 2.75) is 90.4 Å². The predicted molar refractivity (Wildman–Crippen MR) is 293 cm³/mol. The zero-order chi connectivity index (χ0) is 48.7. The third kappa shape index (κ3) is 16.0.